The minimum atomic E-state index is -3.79. The van der Waals surface area contributed by atoms with Gasteiger partial charge in [-0.25, -0.2) is 8.42 Å². The molecule has 108 valence electrons. The van der Waals surface area contributed by atoms with Crippen molar-refractivity contribution in [2.24, 2.45) is 5.16 Å². The van der Waals surface area contributed by atoms with Crippen LogP contribution in [0, 0.1) is 0 Å². The Morgan fingerprint density at radius 2 is 2.10 bits per heavy atom. The van der Waals surface area contributed by atoms with Gasteiger partial charge in [-0.3, -0.25) is 4.31 Å². The molecule has 1 aromatic carbocycles. The zero-order valence-corrected chi connectivity index (χ0v) is 12.5. The standard InChI is InChI=1S/C13H15ClN2O3S/c1-2-3-8-16-11-7-5-4-6-10(11)13(14)12(9-15-17)20(16,18)19/h4-7,9,17H,2-3,8H2,1H3/b15-9+. The third-order valence-electron chi connectivity index (χ3n) is 3.08. The van der Waals surface area contributed by atoms with E-state index in [4.69, 9.17) is 16.8 Å². The second-order valence-electron chi connectivity index (χ2n) is 4.37. The van der Waals surface area contributed by atoms with Crippen LogP contribution in [0.4, 0.5) is 5.69 Å². The predicted molar refractivity (Wildman–Crippen MR) is 80.7 cm³/mol. The van der Waals surface area contributed by atoms with Crippen molar-refractivity contribution in [1.29, 1.82) is 0 Å². The van der Waals surface area contributed by atoms with E-state index in [-0.39, 0.29) is 9.94 Å². The summed E-state index contributed by atoms with van der Waals surface area (Å²) in [4.78, 5) is -0.184. The summed E-state index contributed by atoms with van der Waals surface area (Å²) < 4.78 is 26.4. The molecule has 0 fully saturated rings. The highest BCUT2D eigenvalue weighted by Crippen LogP contribution is 2.40. The monoisotopic (exact) mass is 314 g/mol. The number of nitrogens with zero attached hydrogens (tertiary/aromatic N) is 2. The van der Waals surface area contributed by atoms with Crippen molar-refractivity contribution >= 4 is 38.6 Å². The maximum atomic E-state index is 12.6. The van der Waals surface area contributed by atoms with Gasteiger partial charge >= 0.3 is 0 Å². The number of rotatable bonds is 4. The Kier molecular flexibility index (Phi) is 4.35. The normalized spacial score (nSPS) is 17.6. The summed E-state index contributed by atoms with van der Waals surface area (Å²) in [5.41, 5.74) is 1.18. The Morgan fingerprint density at radius 3 is 2.75 bits per heavy atom. The van der Waals surface area contributed by atoms with Gasteiger partial charge in [-0.15, -0.1) is 0 Å². The van der Waals surface area contributed by atoms with Crippen LogP contribution in [-0.2, 0) is 10.0 Å². The third kappa shape index (κ3) is 2.41. The molecule has 0 saturated carbocycles. The average molecular weight is 315 g/mol. The van der Waals surface area contributed by atoms with Gasteiger partial charge in [0, 0.05) is 12.1 Å². The number of unbranched alkanes of at least 4 members (excludes halogenated alkanes) is 1. The molecule has 0 aromatic heterocycles. The number of fused-ring (bicyclic) bond motifs is 1. The Hall–Kier alpha value is -1.53. The van der Waals surface area contributed by atoms with Crippen LogP contribution >= 0.6 is 11.6 Å². The molecule has 1 aromatic rings. The first-order valence-electron chi connectivity index (χ1n) is 6.23. The van der Waals surface area contributed by atoms with Crippen molar-refractivity contribution in [3.05, 3.63) is 34.7 Å². The van der Waals surface area contributed by atoms with Gasteiger partial charge in [-0.05, 0) is 12.5 Å². The minimum Gasteiger partial charge on any atom is -0.411 e. The van der Waals surface area contributed by atoms with Gasteiger partial charge in [-0.2, -0.15) is 0 Å². The molecule has 0 atom stereocenters. The van der Waals surface area contributed by atoms with E-state index in [0.717, 1.165) is 19.1 Å². The summed E-state index contributed by atoms with van der Waals surface area (Å²) in [6.07, 6.45) is 2.47. The molecule has 2 rings (SSSR count). The molecule has 20 heavy (non-hydrogen) atoms. The van der Waals surface area contributed by atoms with Crippen molar-refractivity contribution < 1.29 is 13.6 Å². The fourth-order valence-corrected chi connectivity index (χ4v) is 4.13. The smallest absolute Gasteiger partial charge is 0.267 e. The third-order valence-corrected chi connectivity index (χ3v) is 5.43. The first-order chi connectivity index (χ1) is 9.54. The fourth-order valence-electron chi connectivity index (χ4n) is 2.09. The SMILES string of the molecule is CCCCN1c2ccccc2C(Cl)=C(/C=N/O)S1(=O)=O. The second kappa shape index (κ2) is 5.85. The molecule has 0 unspecified atom stereocenters. The van der Waals surface area contributed by atoms with Crippen LogP contribution in [0.15, 0.2) is 34.3 Å². The lowest BCUT2D eigenvalue weighted by Crippen LogP contribution is -2.36. The van der Waals surface area contributed by atoms with Crippen molar-refractivity contribution in [2.75, 3.05) is 10.8 Å². The van der Waals surface area contributed by atoms with E-state index in [0.29, 0.717) is 17.8 Å². The van der Waals surface area contributed by atoms with Crippen LogP contribution in [-0.4, -0.2) is 26.4 Å². The summed E-state index contributed by atoms with van der Waals surface area (Å²) in [5.74, 6) is 0. The van der Waals surface area contributed by atoms with Crippen LogP contribution in [0.3, 0.4) is 0 Å². The number of anilines is 1. The molecule has 0 saturated heterocycles. The van der Waals surface area contributed by atoms with Gasteiger partial charge in [0.25, 0.3) is 10.0 Å². The summed E-state index contributed by atoms with van der Waals surface area (Å²) in [6.45, 7) is 2.35. The largest absolute Gasteiger partial charge is 0.411 e. The minimum absolute atomic E-state index is 0.0751. The summed E-state index contributed by atoms with van der Waals surface area (Å²) in [6, 6.07) is 7.02. The number of allylic oxidation sites excluding steroid dienone is 1. The fraction of sp³-hybridized carbons (Fsp3) is 0.308. The number of hydrogen-bond donors (Lipinski definition) is 1. The highest BCUT2D eigenvalue weighted by Gasteiger charge is 2.35. The lowest BCUT2D eigenvalue weighted by Gasteiger charge is -2.30. The molecular weight excluding hydrogens is 300 g/mol. The van der Waals surface area contributed by atoms with Crippen molar-refractivity contribution in [1.82, 2.24) is 0 Å². The van der Waals surface area contributed by atoms with Gasteiger partial charge in [0.1, 0.15) is 4.91 Å². The van der Waals surface area contributed by atoms with E-state index >= 15 is 0 Å². The molecule has 0 spiro atoms. The Bertz CT molecular complexity index is 668. The summed E-state index contributed by atoms with van der Waals surface area (Å²) in [7, 11) is -3.79. The zero-order chi connectivity index (χ0) is 14.8. The van der Waals surface area contributed by atoms with Gasteiger partial charge in [0.2, 0.25) is 0 Å². The van der Waals surface area contributed by atoms with E-state index in [1.54, 1.807) is 24.3 Å². The lowest BCUT2D eigenvalue weighted by molar-refractivity contribution is 0.322. The number of halogens is 1. The summed E-state index contributed by atoms with van der Waals surface area (Å²) >= 11 is 6.15. The van der Waals surface area contributed by atoms with Crippen molar-refractivity contribution in [3.8, 4) is 0 Å². The molecule has 1 aliphatic heterocycles. The first kappa shape index (κ1) is 14.9. The zero-order valence-electron chi connectivity index (χ0n) is 11.0. The van der Waals surface area contributed by atoms with E-state index in [1.807, 2.05) is 6.92 Å². The van der Waals surface area contributed by atoms with Gasteiger partial charge in [0.05, 0.1) is 16.9 Å². The molecule has 1 heterocycles. The lowest BCUT2D eigenvalue weighted by atomic mass is 10.1. The van der Waals surface area contributed by atoms with E-state index in [2.05, 4.69) is 5.16 Å². The van der Waals surface area contributed by atoms with Gasteiger partial charge in [0.15, 0.2) is 0 Å². The van der Waals surface area contributed by atoms with Crippen LogP contribution in [0.5, 0.6) is 0 Å². The number of oxime groups is 1. The highest BCUT2D eigenvalue weighted by atomic mass is 35.5. The predicted octanol–water partition coefficient (Wildman–Crippen LogP) is 3.00. The molecule has 0 bridgehead atoms. The van der Waals surface area contributed by atoms with Crippen molar-refractivity contribution in [2.45, 2.75) is 19.8 Å². The van der Waals surface area contributed by atoms with E-state index in [9.17, 15) is 8.42 Å². The summed E-state index contributed by atoms with van der Waals surface area (Å²) in [5, 5.41) is 11.6. The van der Waals surface area contributed by atoms with E-state index < -0.39 is 10.0 Å². The highest BCUT2D eigenvalue weighted by molar-refractivity contribution is 7.97. The van der Waals surface area contributed by atoms with Crippen LogP contribution < -0.4 is 4.31 Å². The number of para-hydroxylation sites is 1. The average Bonchev–Trinajstić information content (AvgIpc) is 2.43. The maximum absolute atomic E-state index is 12.6. The number of benzene rings is 1. The molecule has 1 aliphatic rings. The first-order valence-corrected chi connectivity index (χ1v) is 8.05. The Labute approximate surface area is 123 Å². The van der Waals surface area contributed by atoms with Crippen LogP contribution in [0.1, 0.15) is 25.3 Å². The quantitative estimate of drug-likeness (QED) is 0.527. The van der Waals surface area contributed by atoms with Crippen molar-refractivity contribution in [3.63, 3.8) is 0 Å². The van der Waals surface area contributed by atoms with Gasteiger partial charge < -0.3 is 5.21 Å². The molecule has 5 nitrogen and oxygen atoms in total. The van der Waals surface area contributed by atoms with Crippen LogP contribution in [0.2, 0.25) is 0 Å². The van der Waals surface area contributed by atoms with E-state index in [1.165, 1.54) is 4.31 Å². The maximum Gasteiger partial charge on any atom is 0.267 e. The van der Waals surface area contributed by atoms with Gasteiger partial charge in [-0.1, -0.05) is 48.3 Å². The molecular formula is C13H15ClN2O3S. The number of hydrogen-bond acceptors (Lipinski definition) is 4. The topological polar surface area (TPSA) is 70.0 Å². The Balaban J connectivity index is 2.67. The molecule has 0 amide bonds. The molecule has 0 aliphatic carbocycles. The molecule has 1 N–H and O–H groups in total. The Morgan fingerprint density at radius 1 is 1.40 bits per heavy atom. The second-order valence-corrected chi connectivity index (χ2v) is 6.58. The molecule has 7 heteroatoms. The molecule has 0 radical (unpaired) electrons. The van der Waals surface area contributed by atoms with Crippen LogP contribution in [0.25, 0.3) is 5.03 Å². The number of sulfonamides is 1.